The Bertz CT molecular complexity index is 502. The summed E-state index contributed by atoms with van der Waals surface area (Å²) in [5.41, 5.74) is -0.397. The second-order valence-electron chi connectivity index (χ2n) is 2.77. The number of rotatable bonds is 2. The maximum Gasteiger partial charge on any atom is 0.312 e. The van der Waals surface area contributed by atoms with Crippen LogP contribution in [0.5, 0.6) is 5.75 Å². The molecule has 82 valence electrons. The number of carbonyl (C=O) groups excluding carboxylic acids is 1. The van der Waals surface area contributed by atoms with Gasteiger partial charge in [-0.15, -0.1) is 0 Å². The molecule has 0 bridgehead atoms. The number of nitrogens with zero attached hydrogens (tertiary/aromatic N) is 1. The summed E-state index contributed by atoms with van der Waals surface area (Å²) in [7, 11) is 0. The Morgan fingerprint density at radius 3 is 2.75 bits per heavy atom. The minimum absolute atomic E-state index is 0.155. The molecule has 0 aliphatic rings. The number of carbonyl (C=O) groups is 1. The van der Waals surface area contributed by atoms with Gasteiger partial charge >= 0.3 is 5.69 Å². The van der Waals surface area contributed by atoms with Crippen molar-refractivity contribution in [3.8, 4) is 17.6 Å². The van der Waals surface area contributed by atoms with Crippen LogP contribution in [-0.4, -0.2) is 22.1 Å². The largest absolute Gasteiger partial charge is 0.502 e. The van der Waals surface area contributed by atoms with Crippen molar-refractivity contribution in [1.82, 2.24) is 0 Å². The number of nitro benzene ring substituents is 1. The van der Waals surface area contributed by atoms with Crippen molar-refractivity contribution in [3.63, 3.8) is 0 Å². The van der Waals surface area contributed by atoms with Crippen molar-refractivity contribution >= 4 is 24.6 Å². The molecule has 0 radical (unpaired) electrons. The first-order valence-corrected chi connectivity index (χ1v) is 4.79. The van der Waals surface area contributed by atoms with Gasteiger partial charge in [-0.2, -0.15) is 12.6 Å². The van der Waals surface area contributed by atoms with Gasteiger partial charge in [-0.05, 0) is 6.07 Å². The van der Waals surface area contributed by atoms with Gasteiger partial charge in [0.1, 0.15) is 0 Å². The van der Waals surface area contributed by atoms with Crippen LogP contribution in [0.1, 0.15) is 15.9 Å². The molecule has 0 saturated heterocycles. The second-order valence-corrected chi connectivity index (χ2v) is 3.08. The third-order valence-electron chi connectivity index (χ3n) is 1.75. The first kappa shape index (κ1) is 12.1. The van der Waals surface area contributed by atoms with Crippen molar-refractivity contribution in [1.29, 1.82) is 0 Å². The van der Waals surface area contributed by atoms with Gasteiger partial charge in [0.2, 0.25) is 5.75 Å². The summed E-state index contributed by atoms with van der Waals surface area (Å²) in [6.45, 7) is 0. The predicted molar refractivity (Wildman–Crippen MR) is 60.9 cm³/mol. The van der Waals surface area contributed by atoms with Crippen LogP contribution in [-0.2, 0) is 0 Å². The van der Waals surface area contributed by atoms with Crippen LogP contribution in [0.25, 0.3) is 0 Å². The fraction of sp³-hybridized carbons (Fsp3) is 0.100. The smallest absolute Gasteiger partial charge is 0.312 e. The predicted octanol–water partition coefficient (Wildman–Crippen LogP) is 1.39. The van der Waals surface area contributed by atoms with E-state index >= 15 is 0 Å². The first-order chi connectivity index (χ1) is 7.60. The van der Waals surface area contributed by atoms with Crippen LogP contribution in [0.3, 0.4) is 0 Å². The molecule has 0 aliphatic heterocycles. The van der Waals surface area contributed by atoms with Gasteiger partial charge in [-0.25, -0.2) is 0 Å². The monoisotopic (exact) mass is 237 g/mol. The van der Waals surface area contributed by atoms with Gasteiger partial charge in [-0.3, -0.25) is 14.9 Å². The Balaban J connectivity index is 3.39. The summed E-state index contributed by atoms with van der Waals surface area (Å²) < 4.78 is 0. The molecule has 0 saturated carbocycles. The Morgan fingerprint density at radius 1 is 1.56 bits per heavy atom. The zero-order valence-electron chi connectivity index (χ0n) is 8.01. The molecule has 1 rings (SSSR count). The molecule has 0 atom stereocenters. The Labute approximate surface area is 96.7 Å². The summed E-state index contributed by atoms with van der Waals surface area (Å²) in [6.07, 6.45) is 0.341. The van der Waals surface area contributed by atoms with Gasteiger partial charge < -0.3 is 5.11 Å². The highest BCUT2D eigenvalue weighted by atomic mass is 32.1. The Kier molecular flexibility index (Phi) is 3.91. The molecule has 0 unspecified atom stereocenters. The molecule has 1 aromatic rings. The number of hydrogen-bond donors (Lipinski definition) is 2. The third kappa shape index (κ3) is 2.52. The minimum Gasteiger partial charge on any atom is -0.502 e. The number of hydrogen-bond acceptors (Lipinski definition) is 5. The standard InChI is InChI=1S/C10H7NO4S/c12-6-8-4-7(2-1-3-16)5-9(10(8)13)11(14)15/h4-6,13,16H,3H2. The molecule has 1 aromatic carbocycles. The van der Waals surface area contributed by atoms with Gasteiger partial charge in [0.25, 0.3) is 0 Å². The summed E-state index contributed by atoms with van der Waals surface area (Å²) in [5.74, 6) is 4.84. The quantitative estimate of drug-likeness (QED) is 0.268. The molecule has 0 aromatic heterocycles. The van der Waals surface area contributed by atoms with Crippen molar-refractivity contribution in [3.05, 3.63) is 33.4 Å². The van der Waals surface area contributed by atoms with Crippen molar-refractivity contribution in [2.75, 3.05) is 5.75 Å². The highest BCUT2D eigenvalue weighted by Crippen LogP contribution is 2.29. The maximum atomic E-state index is 10.6. The van der Waals surface area contributed by atoms with E-state index in [1.54, 1.807) is 0 Å². The molecule has 0 fully saturated rings. The van der Waals surface area contributed by atoms with Crippen LogP contribution in [0.2, 0.25) is 0 Å². The van der Waals surface area contributed by atoms with Crippen LogP contribution in [0.15, 0.2) is 12.1 Å². The lowest BCUT2D eigenvalue weighted by Crippen LogP contribution is -1.93. The number of benzene rings is 1. The fourth-order valence-electron chi connectivity index (χ4n) is 1.08. The minimum atomic E-state index is -0.770. The Morgan fingerprint density at radius 2 is 2.25 bits per heavy atom. The molecule has 1 N–H and O–H groups in total. The zero-order chi connectivity index (χ0) is 12.1. The number of aromatic hydroxyl groups is 1. The lowest BCUT2D eigenvalue weighted by molar-refractivity contribution is -0.385. The molecule has 0 amide bonds. The Hall–Kier alpha value is -2.00. The van der Waals surface area contributed by atoms with Crippen molar-refractivity contribution < 1.29 is 14.8 Å². The molecular weight excluding hydrogens is 230 g/mol. The van der Waals surface area contributed by atoms with Crippen LogP contribution >= 0.6 is 12.6 Å². The molecule has 0 spiro atoms. The topological polar surface area (TPSA) is 80.4 Å². The van der Waals surface area contributed by atoms with E-state index in [1.165, 1.54) is 6.07 Å². The fourth-order valence-corrected chi connectivity index (χ4v) is 1.16. The molecule has 5 nitrogen and oxygen atoms in total. The SMILES string of the molecule is O=Cc1cc(C#CCS)cc([N+](=O)[O-])c1O. The highest BCUT2D eigenvalue weighted by molar-refractivity contribution is 7.80. The van der Waals surface area contributed by atoms with E-state index in [-0.39, 0.29) is 5.56 Å². The van der Waals surface area contributed by atoms with E-state index in [0.717, 1.165) is 6.07 Å². The zero-order valence-corrected chi connectivity index (χ0v) is 8.90. The van der Waals surface area contributed by atoms with E-state index in [1.807, 2.05) is 0 Å². The van der Waals surface area contributed by atoms with E-state index in [0.29, 0.717) is 17.6 Å². The molecule has 0 heterocycles. The molecular formula is C10H7NO4S. The van der Waals surface area contributed by atoms with Gasteiger partial charge in [0.05, 0.1) is 16.2 Å². The van der Waals surface area contributed by atoms with Gasteiger partial charge in [0, 0.05) is 11.6 Å². The number of thiol groups is 1. The van der Waals surface area contributed by atoms with E-state index < -0.39 is 16.4 Å². The average Bonchev–Trinajstić information content (AvgIpc) is 2.27. The van der Waals surface area contributed by atoms with Crippen LogP contribution in [0.4, 0.5) is 5.69 Å². The summed E-state index contributed by atoms with van der Waals surface area (Å²) >= 11 is 3.86. The lowest BCUT2D eigenvalue weighted by Gasteiger charge is -1.99. The third-order valence-corrected chi connectivity index (χ3v) is 1.91. The summed E-state index contributed by atoms with van der Waals surface area (Å²) in [5, 5.41) is 20.0. The number of nitro groups is 1. The average molecular weight is 237 g/mol. The van der Waals surface area contributed by atoms with Crippen LogP contribution in [0, 0.1) is 22.0 Å². The van der Waals surface area contributed by atoms with Gasteiger partial charge in [-0.1, -0.05) is 11.8 Å². The first-order valence-electron chi connectivity index (χ1n) is 4.16. The van der Waals surface area contributed by atoms with Gasteiger partial charge in [0.15, 0.2) is 6.29 Å². The number of phenolic OH excluding ortho intramolecular Hbond substituents is 1. The lowest BCUT2D eigenvalue weighted by atomic mass is 10.1. The van der Waals surface area contributed by atoms with E-state index in [2.05, 4.69) is 24.5 Å². The van der Waals surface area contributed by atoms with Crippen molar-refractivity contribution in [2.24, 2.45) is 0 Å². The second kappa shape index (κ2) is 5.19. The van der Waals surface area contributed by atoms with E-state index in [4.69, 9.17) is 0 Å². The number of aldehydes is 1. The summed E-state index contributed by atoms with van der Waals surface area (Å²) in [6, 6.07) is 2.39. The molecule has 16 heavy (non-hydrogen) atoms. The van der Waals surface area contributed by atoms with E-state index in [9.17, 15) is 20.0 Å². The summed E-state index contributed by atoms with van der Waals surface area (Å²) in [4.78, 5) is 20.4. The normalized spacial score (nSPS) is 9.06. The van der Waals surface area contributed by atoms with Crippen molar-refractivity contribution in [2.45, 2.75) is 0 Å². The highest BCUT2D eigenvalue weighted by Gasteiger charge is 2.18. The van der Waals surface area contributed by atoms with Crippen LogP contribution < -0.4 is 0 Å². The molecule has 6 heteroatoms. The molecule has 0 aliphatic carbocycles. The maximum absolute atomic E-state index is 10.6. The number of phenols is 1.